The number of amides is 1. The molecule has 7 heteroatoms. The van der Waals surface area contributed by atoms with Gasteiger partial charge in [-0.2, -0.15) is 4.98 Å². The van der Waals surface area contributed by atoms with Gasteiger partial charge in [0.25, 0.3) is 0 Å². The highest BCUT2D eigenvalue weighted by atomic mass is 35.5. The van der Waals surface area contributed by atoms with Crippen LogP contribution < -0.4 is 11.1 Å². The molecule has 2 aliphatic carbocycles. The Morgan fingerprint density at radius 1 is 1.25 bits per heavy atom. The van der Waals surface area contributed by atoms with E-state index in [9.17, 15) is 4.79 Å². The molecule has 6 nitrogen and oxygen atoms in total. The number of aromatic nitrogens is 2. The zero-order chi connectivity index (χ0) is 16.4. The average molecular weight is 357 g/mol. The Balaban J connectivity index is 0.00000208. The van der Waals surface area contributed by atoms with Gasteiger partial charge in [0.2, 0.25) is 11.8 Å². The molecule has 0 bridgehead atoms. The van der Waals surface area contributed by atoms with Gasteiger partial charge in [-0.1, -0.05) is 18.0 Å². The molecule has 2 fully saturated rings. The number of aryl methyl sites for hydroxylation is 1. The van der Waals surface area contributed by atoms with Gasteiger partial charge in [0.15, 0.2) is 5.82 Å². The van der Waals surface area contributed by atoms with E-state index in [1.165, 1.54) is 0 Å². The van der Waals surface area contributed by atoms with Crippen LogP contribution in [0.25, 0.3) is 0 Å². The number of nitrogens with one attached hydrogen (secondary N) is 1. The normalized spacial score (nSPS) is 33.5. The lowest BCUT2D eigenvalue weighted by Crippen LogP contribution is -2.54. The summed E-state index contributed by atoms with van der Waals surface area (Å²) < 4.78 is 5.28. The van der Waals surface area contributed by atoms with Crippen LogP contribution in [0.1, 0.15) is 75.9 Å². The van der Waals surface area contributed by atoms with Crippen molar-refractivity contribution in [3.8, 4) is 0 Å². The second-order valence-electron chi connectivity index (χ2n) is 7.54. The Kier molecular flexibility index (Phi) is 6.26. The summed E-state index contributed by atoms with van der Waals surface area (Å²) in [5.41, 5.74) is 5.98. The first kappa shape index (κ1) is 19.2. The van der Waals surface area contributed by atoms with Crippen molar-refractivity contribution in [2.45, 2.75) is 82.7 Å². The summed E-state index contributed by atoms with van der Waals surface area (Å²) in [6.45, 7) is 3.86. The molecule has 0 saturated heterocycles. The third-order valence-electron chi connectivity index (χ3n) is 5.54. The number of hydrogen-bond donors (Lipinski definition) is 2. The zero-order valence-electron chi connectivity index (χ0n) is 14.6. The molecule has 0 aliphatic heterocycles. The van der Waals surface area contributed by atoms with Crippen LogP contribution >= 0.6 is 12.4 Å². The third-order valence-corrected chi connectivity index (χ3v) is 5.54. The fourth-order valence-electron chi connectivity index (χ4n) is 4.05. The zero-order valence-corrected chi connectivity index (χ0v) is 15.4. The molecule has 0 radical (unpaired) electrons. The van der Waals surface area contributed by atoms with Crippen molar-refractivity contribution in [2.24, 2.45) is 11.7 Å². The van der Waals surface area contributed by atoms with Crippen molar-refractivity contribution >= 4 is 18.3 Å². The van der Waals surface area contributed by atoms with Crippen molar-refractivity contribution in [3.05, 3.63) is 11.7 Å². The molecule has 2 atom stereocenters. The molecule has 2 saturated carbocycles. The van der Waals surface area contributed by atoms with Gasteiger partial charge in [0.1, 0.15) is 0 Å². The molecule has 1 heterocycles. The molecule has 3 rings (SSSR count). The fraction of sp³-hybridized carbons (Fsp3) is 0.824. The summed E-state index contributed by atoms with van der Waals surface area (Å²) in [5, 5.41) is 7.10. The highest BCUT2D eigenvalue weighted by Crippen LogP contribution is 2.34. The first-order valence-corrected chi connectivity index (χ1v) is 8.85. The molecule has 1 aromatic rings. The van der Waals surface area contributed by atoms with E-state index in [-0.39, 0.29) is 35.8 Å². The van der Waals surface area contributed by atoms with Gasteiger partial charge >= 0.3 is 0 Å². The Morgan fingerprint density at radius 2 is 1.96 bits per heavy atom. The van der Waals surface area contributed by atoms with Gasteiger partial charge in [-0.3, -0.25) is 4.79 Å². The average Bonchev–Trinajstić information content (AvgIpc) is 2.94. The van der Waals surface area contributed by atoms with Gasteiger partial charge in [-0.15, -0.1) is 12.4 Å². The summed E-state index contributed by atoms with van der Waals surface area (Å²) in [4.78, 5) is 16.9. The molecule has 1 amide bonds. The number of carbonyl (C=O) groups is 1. The Morgan fingerprint density at radius 3 is 2.54 bits per heavy atom. The van der Waals surface area contributed by atoms with Crippen LogP contribution in [0.15, 0.2) is 4.52 Å². The molecular formula is C17H29ClN4O2. The SMILES string of the molecule is Cc1noc(C2CCC(NC(=O)C3CCCCC3(C)N)CC2)n1.Cl. The van der Waals surface area contributed by atoms with Crippen LogP contribution in [0.2, 0.25) is 0 Å². The van der Waals surface area contributed by atoms with Crippen LogP contribution in [0.3, 0.4) is 0 Å². The number of halogens is 1. The first-order chi connectivity index (χ1) is 11.0. The van der Waals surface area contributed by atoms with Crippen molar-refractivity contribution in [2.75, 3.05) is 0 Å². The predicted molar refractivity (Wildman–Crippen MR) is 94.0 cm³/mol. The first-order valence-electron chi connectivity index (χ1n) is 8.85. The van der Waals surface area contributed by atoms with E-state index in [4.69, 9.17) is 10.3 Å². The smallest absolute Gasteiger partial charge is 0.229 e. The number of rotatable bonds is 3. The van der Waals surface area contributed by atoms with E-state index in [1.807, 2.05) is 13.8 Å². The van der Waals surface area contributed by atoms with Crippen LogP contribution in [0.5, 0.6) is 0 Å². The molecule has 1 aromatic heterocycles. The van der Waals surface area contributed by atoms with Crippen LogP contribution in [-0.2, 0) is 4.79 Å². The summed E-state index contributed by atoms with van der Waals surface area (Å²) in [7, 11) is 0. The van der Waals surface area contributed by atoms with Crippen LogP contribution in [-0.4, -0.2) is 27.6 Å². The van der Waals surface area contributed by atoms with Crippen molar-refractivity contribution in [1.82, 2.24) is 15.5 Å². The Labute approximate surface area is 149 Å². The minimum Gasteiger partial charge on any atom is -0.353 e. The summed E-state index contributed by atoms with van der Waals surface area (Å²) >= 11 is 0. The summed E-state index contributed by atoms with van der Waals surface area (Å²) in [6.07, 6.45) is 7.98. The maximum Gasteiger partial charge on any atom is 0.229 e. The van der Waals surface area contributed by atoms with Gasteiger partial charge in [-0.05, 0) is 52.4 Å². The lowest BCUT2D eigenvalue weighted by Gasteiger charge is -2.38. The van der Waals surface area contributed by atoms with Gasteiger partial charge < -0.3 is 15.6 Å². The van der Waals surface area contributed by atoms with Crippen molar-refractivity contribution in [1.29, 1.82) is 0 Å². The maximum absolute atomic E-state index is 12.6. The highest BCUT2D eigenvalue weighted by Gasteiger charge is 2.38. The molecule has 0 spiro atoms. The number of hydrogen-bond acceptors (Lipinski definition) is 5. The molecule has 24 heavy (non-hydrogen) atoms. The number of carbonyl (C=O) groups excluding carboxylic acids is 1. The van der Waals surface area contributed by atoms with Crippen LogP contribution in [0, 0.1) is 12.8 Å². The van der Waals surface area contributed by atoms with E-state index in [0.717, 1.165) is 57.3 Å². The monoisotopic (exact) mass is 356 g/mol. The maximum atomic E-state index is 12.6. The number of nitrogens with two attached hydrogens (primary N) is 1. The Hall–Kier alpha value is -1.14. The number of nitrogens with zero attached hydrogens (tertiary/aromatic N) is 2. The molecular weight excluding hydrogens is 328 g/mol. The van der Waals surface area contributed by atoms with E-state index in [0.29, 0.717) is 11.7 Å². The fourth-order valence-corrected chi connectivity index (χ4v) is 4.05. The predicted octanol–water partition coefficient (Wildman–Crippen LogP) is 2.85. The third kappa shape index (κ3) is 4.28. The molecule has 3 N–H and O–H groups in total. The second-order valence-corrected chi connectivity index (χ2v) is 7.54. The van der Waals surface area contributed by atoms with Crippen molar-refractivity contribution < 1.29 is 9.32 Å². The van der Waals surface area contributed by atoms with Gasteiger partial charge in [0, 0.05) is 17.5 Å². The lowest BCUT2D eigenvalue weighted by atomic mass is 9.74. The van der Waals surface area contributed by atoms with E-state index in [1.54, 1.807) is 0 Å². The van der Waals surface area contributed by atoms with E-state index < -0.39 is 0 Å². The lowest BCUT2D eigenvalue weighted by molar-refractivity contribution is -0.129. The molecule has 2 aliphatic rings. The Bertz CT molecular complexity index is 553. The highest BCUT2D eigenvalue weighted by molar-refractivity contribution is 5.85. The summed E-state index contributed by atoms with van der Waals surface area (Å²) in [6, 6.07) is 0.250. The molecule has 2 unspecified atom stereocenters. The molecule has 136 valence electrons. The van der Waals surface area contributed by atoms with Crippen molar-refractivity contribution in [3.63, 3.8) is 0 Å². The topological polar surface area (TPSA) is 94.0 Å². The molecule has 0 aromatic carbocycles. The minimum atomic E-state index is -0.360. The second kappa shape index (κ2) is 7.83. The minimum absolute atomic E-state index is 0. The van der Waals surface area contributed by atoms with E-state index >= 15 is 0 Å². The standard InChI is InChI=1S/C17H28N4O2.ClH/c1-11-19-16(23-21-11)12-6-8-13(9-7-12)20-15(22)14-5-3-4-10-17(14,2)18;/h12-14H,3-10,18H2,1-2H3,(H,20,22);1H. The quantitative estimate of drug-likeness (QED) is 0.868. The van der Waals surface area contributed by atoms with Crippen LogP contribution in [0.4, 0.5) is 0 Å². The summed E-state index contributed by atoms with van der Waals surface area (Å²) in [5.74, 6) is 1.86. The van der Waals surface area contributed by atoms with E-state index in [2.05, 4.69) is 15.5 Å². The van der Waals surface area contributed by atoms with Gasteiger partial charge in [0.05, 0.1) is 5.92 Å². The van der Waals surface area contributed by atoms with Gasteiger partial charge in [-0.25, -0.2) is 0 Å². The largest absolute Gasteiger partial charge is 0.353 e.